The van der Waals surface area contributed by atoms with Crippen molar-refractivity contribution in [2.24, 2.45) is 0 Å². The minimum Gasteiger partial charge on any atom is -0.379 e. The maximum absolute atomic E-state index is 6.01. The van der Waals surface area contributed by atoms with Gasteiger partial charge in [-0.3, -0.25) is 4.90 Å². The molecule has 1 N–H and O–H groups in total. The molecule has 148 valence electrons. The molecule has 1 aliphatic rings. The van der Waals surface area contributed by atoms with Crippen LogP contribution in [0.3, 0.4) is 0 Å². The van der Waals surface area contributed by atoms with Gasteiger partial charge in [-0.2, -0.15) is 9.61 Å². The highest BCUT2D eigenvalue weighted by molar-refractivity contribution is 6.30. The average Bonchev–Trinajstić information content (AvgIpc) is 3.12. The van der Waals surface area contributed by atoms with Crippen LogP contribution in [0.15, 0.2) is 30.3 Å². The molecule has 3 heterocycles. The standard InChI is InChI=1S/C21H26ClN5O/c1-15-16(2)24-20-14-19(17-4-6-18(22)7-5-17)25-27(20)21(15)23-8-3-9-26-10-12-28-13-11-26/h4-7,14,23H,3,8-13H2,1-2H3. The maximum Gasteiger partial charge on any atom is 0.158 e. The summed E-state index contributed by atoms with van der Waals surface area (Å²) < 4.78 is 7.33. The summed E-state index contributed by atoms with van der Waals surface area (Å²) in [5.74, 6) is 1.02. The molecule has 0 bridgehead atoms. The Bertz CT molecular complexity index is 948. The second-order valence-corrected chi connectivity index (χ2v) is 7.65. The summed E-state index contributed by atoms with van der Waals surface area (Å²) in [6, 6.07) is 9.76. The van der Waals surface area contributed by atoms with E-state index in [0.29, 0.717) is 0 Å². The summed E-state index contributed by atoms with van der Waals surface area (Å²) in [6.45, 7) is 9.86. The van der Waals surface area contributed by atoms with E-state index in [4.69, 9.17) is 26.4 Å². The predicted molar refractivity (Wildman–Crippen MR) is 113 cm³/mol. The van der Waals surface area contributed by atoms with Crippen molar-refractivity contribution in [3.63, 3.8) is 0 Å². The van der Waals surface area contributed by atoms with Gasteiger partial charge in [-0.25, -0.2) is 4.98 Å². The number of aromatic nitrogens is 3. The topological polar surface area (TPSA) is 54.7 Å². The first-order valence-corrected chi connectivity index (χ1v) is 10.2. The zero-order chi connectivity index (χ0) is 19.5. The molecule has 6 nitrogen and oxygen atoms in total. The van der Waals surface area contributed by atoms with E-state index in [-0.39, 0.29) is 0 Å². The van der Waals surface area contributed by atoms with Crippen LogP contribution in [0.25, 0.3) is 16.9 Å². The molecule has 1 aliphatic heterocycles. The van der Waals surface area contributed by atoms with Crippen LogP contribution >= 0.6 is 11.6 Å². The second-order valence-electron chi connectivity index (χ2n) is 7.21. The number of halogens is 1. The summed E-state index contributed by atoms with van der Waals surface area (Å²) in [6.07, 6.45) is 1.08. The predicted octanol–water partition coefficient (Wildman–Crippen LogP) is 3.80. The van der Waals surface area contributed by atoms with Crippen LogP contribution in [-0.4, -0.2) is 58.9 Å². The highest BCUT2D eigenvalue weighted by Gasteiger charge is 2.14. The summed E-state index contributed by atoms with van der Waals surface area (Å²) in [5.41, 5.74) is 4.92. The lowest BCUT2D eigenvalue weighted by atomic mass is 10.1. The molecule has 0 unspecified atom stereocenters. The fraction of sp³-hybridized carbons (Fsp3) is 0.429. The summed E-state index contributed by atoms with van der Waals surface area (Å²) in [4.78, 5) is 7.17. The van der Waals surface area contributed by atoms with Gasteiger partial charge in [-0.15, -0.1) is 0 Å². The number of nitrogens with one attached hydrogen (secondary N) is 1. The Kier molecular flexibility index (Phi) is 5.80. The van der Waals surface area contributed by atoms with Crippen molar-refractivity contribution in [1.29, 1.82) is 0 Å². The lowest BCUT2D eigenvalue weighted by Crippen LogP contribution is -2.37. The molecule has 2 aromatic heterocycles. The molecule has 7 heteroatoms. The number of morpholine rings is 1. The van der Waals surface area contributed by atoms with Crippen LogP contribution in [0, 0.1) is 13.8 Å². The van der Waals surface area contributed by atoms with Crippen molar-refractivity contribution in [3.8, 4) is 11.3 Å². The Hall–Kier alpha value is -2.15. The van der Waals surface area contributed by atoms with Gasteiger partial charge >= 0.3 is 0 Å². The fourth-order valence-electron chi connectivity index (χ4n) is 3.50. The van der Waals surface area contributed by atoms with E-state index in [1.54, 1.807) is 0 Å². The maximum atomic E-state index is 6.01. The number of ether oxygens (including phenoxy) is 1. The molecule has 1 saturated heterocycles. The molecule has 4 rings (SSSR count). The molecular weight excluding hydrogens is 374 g/mol. The van der Waals surface area contributed by atoms with Crippen molar-refractivity contribution >= 4 is 23.1 Å². The van der Waals surface area contributed by atoms with Gasteiger partial charge in [-0.1, -0.05) is 23.7 Å². The normalized spacial score (nSPS) is 15.2. The summed E-state index contributed by atoms with van der Waals surface area (Å²) in [7, 11) is 0. The second kappa shape index (κ2) is 8.47. The third-order valence-corrected chi connectivity index (χ3v) is 5.52. The minimum atomic E-state index is 0.722. The van der Waals surface area contributed by atoms with Gasteiger partial charge in [-0.05, 0) is 38.9 Å². The highest BCUT2D eigenvalue weighted by atomic mass is 35.5. The van der Waals surface area contributed by atoms with Crippen molar-refractivity contribution in [1.82, 2.24) is 19.5 Å². The molecule has 0 radical (unpaired) electrons. The summed E-state index contributed by atoms with van der Waals surface area (Å²) in [5, 5.41) is 9.12. The molecular formula is C21H26ClN5O. The smallest absolute Gasteiger partial charge is 0.158 e. The van der Waals surface area contributed by atoms with Crippen LogP contribution in [0.2, 0.25) is 5.02 Å². The Balaban J connectivity index is 1.52. The molecule has 1 aromatic carbocycles. The zero-order valence-electron chi connectivity index (χ0n) is 16.4. The van der Waals surface area contributed by atoms with Crippen LogP contribution in [0.1, 0.15) is 17.7 Å². The SMILES string of the molecule is Cc1nc2cc(-c3ccc(Cl)cc3)nn2c(NCCCN2CCOCC2)c1C. The van der Waals surface area contributed by atoms with Crippen molar-refractivity contribution < 1.29 is 4.74 Å². The van der Waals surface area contributed by atoms with E-state index in [1.165, 1.54) is 0 Å². The van der Waals surface area contributed by atoms with E-state index in [1.807, 2.05) is 41.8 Å². The van der Waals surface area contributed by atoms with Gasteiger partial charge in [0, 0.05) is 47.5 Å². The van der Waals surface area contributed by atoms with Gasteiger partial charge in [0.1, 0.15) is 5.82 Å². The molecule has 28 heavy (non-hydrogen) atoms. The van der Waals surface area contributed by atoms with E-state index < -0.39 is 0 Å². The first-order chi connectivity index (χ1) is 13.6. The Labute approximate surface area is 170 Å². The van der Waals surface area contributed by atoms with Crippen molar-refractivity contribution in [3.05, 3.63) is 46.6 Å². The van der Waals surface area contributed by atoms with Crippen molar-refractivity contribution in [2.75, 3.05) is 44.7 Å². The molecule has 0 atom stereocenters. The quantitative estimate of drug-likeness (QED) is 0.639. The van der Waals surface area contributed by atoms with E-state index in [9.17, 15) is 0 Å². The number of fused-ring (bicyclic) bond motifs is 1. The Morgan fingerprint density at radius 2 is 1.89 bits per heavy atom. The largest absolute Gasteiger partial charge is 0.379 e. The number of aryl methyl sites for hydroxylation is 1. The molecule has 3 aromatic rings. The van der Waals surface area contributed by atoms with E-state index >= 15 is 0 Å². The van der Waals surface area contributed by atoms with Crippen LogP contribution in [0.4, 0.5) is 5.82 Å². The van der Waals surface area contributed by atoms with Gasteiger partial charge in [0.2, 0.25) is 0 Å². The lowest BCUT2D eigenvalue weighted by molar-refractivity contribution is 0.0378. The van der Waals surface area contributed by atoms with Gasteiger partial charge in [0.25, 0.3) is 0 Å². The van der Waals surface area contributed by atoms with Crippen LogP contribution in [0.5, 0.6) is 0 Å². The Morgan fingerprint density at radius 3 is 2.64 bits per heavy atom. The molecule has 0 spiro atoms. The summed E-state index contributed by atoms with van der Waals surface area (Å²) >= 11 is 6.01. The number of nitrogens with zero attached hydrogens (tertiary/aromatic N) is 4. The number of rotatable bonds is 6. The fourth-order valence-corrected chi connectivity index (χ4v) is 3.63. The first kappa shape index (κ1) is 19.2. The van der Waals surface area contributed by atoms with Gasteiger partial charge in [0.05, 0.1) is 18.9 Å². The van der Waals surface area contributed by atoms with Crippen molar-refractivity contribution in [2.45, 2.75) is 20.3 Å². The number of hydrogen-bond acceptors (Lipinski definition) is 5. The minimum absolute atomic E-state index is 0.722. The van der Waals surface area contributed by atoms with E-state index in [0.717, 1.165) is 84.8 Å². The van der Waals surface area contributed by atoms with E-state index in [2.05, 4.69) is 17.1 Å². The third-order valence-electron chi connectivity index (χ3n) is 5.27. The number of anilines is 1. The Morgan fingerprint density at radius 1 is 1.14 bits per heavy atom. The van der Waals surface area contributed by atoms with Crippen LogP contribution in [-0.2, 0) is 4.74 Å². The molecule has 0 saturated carbocycles. The zero-order valence-corrected chi connectivity index (χ0v) is 17.2. The average molecular weight is 400 g/mol. The van der Waals surface area contributed by atoms with Crippen LogP contribution < -0.4 is 5.32 Å². The molecule has 0 amide bonds. The number of hydrogen-bond donors (Lipinski definition) is 1. The van der Waals surface area contributed by atoms with Gasteiger partial charge in [0.15, 0.2) is 5.65 Å². The first-order valence-electron chi connectivity index (χ1n) is 9.79. The third kappa shape index (κ3) is 4.14. The highest BCUT2D eigenvalue weighted by Crippen LogP contribution is 2.25. The molecule has 1 fully saturated rings. The monoisotopic (exact) mass is 399 g/mol. The number of benzene rings is 1. The lowest BCUT2D eigenvalue weighted by Gasteiger charge is -2.26. The molecule has 0 aliphatic carbocycles. The van der Waals surface area contributed by atoms with Gasteiger partial charge < -0.3 is 10.1 Å².